The van der Waals surface area contributed by atoms with Crippen molar-refractivity contribution in [2.75, 3.05) is 7.11 Å². The number of aliphatic hydroxyl groups is 1. The molecule has 5 heteroatoms. The maximum Gasteiger partial charge on any atom is 0.253 e. The van der Waals surface area contributed by atoms with Gasteiger partial charge < -0.3 is 15.2 Å². The summed E-state index contributed by atoms with van der Waals surface area (Å²) >= 11 is 0. The number of aromatic nitrogens is 1. The number of carbonyl (C=O) groups is 1. The zero-order valence-electron chi connectivity index (χ0n) is 14.1. The van der Waals surface area contributed by atoms with Gasteiger partial charge in [0.2, 0.25) is 0 Å². The lowest BCUT2D eigenvalue weighted by Crippen LogP contribution is -2.37. The molecule has 1 aromatic heterocycles. The van der Waals surface area contributed by atoms with E-state index in [1.54, 1.807) is 50.7 Å². The van der Waals surface area contributed by atoms with Crippen LogP contribution in [0.2, 0.25) is 0 Å². The van der Waals surface area contributed by atoms with Gasteiger partial charge in [-0.1, -0.05) is 36.4 Å². The van der Waals surface area contributed by atoms with Crippen LogP contribution >= 0.6 is 0 Å². The topological polar surface area (TPSA) is 71.5 Å². The predicted molar refractivity (Wildman–Crippen MR) is 96.6 cm³/mol. The minimum absolute atomic E-state index is 0.260. The molecular formula is C20H20N2O3. The van der Waals surface area contributed by atoms with E-state index in [1.807, 2.05) is 24.3 Å². The van der Waals surface area contributed by atoms with Crippen LogP contribution in [0.15, 0.2) is 60.9 Å². The summed E-state index contributed by atoms with van der Waals surface area (Å²) < 4.78 is 5.11. The Morgan fingerprint density at radius 2 is 1.84 bits per heavy atom. The molecule has 128 valence electrons. The van der Waals surface area contributed by atoms with Gasteiger partial charge in [-0.2, -0.15) is 0 Å². The van der Waals surface area contributed by atoms with E-state index in [0.29, 0.717) is 11.1 Å². The van der Waals surface area contributed by atoms with Gasteiger partial charge in [0.05, 0.1) is 24.8 Å². The summed E-state index contributed by atoms with van der Waals surface area (Å²) in [6.45, 7) is 1.77. The fourth-order valence-electron chi connectivity index (χ4n) is 2.75. The van der Waals surface area contributed by atoms with Gasteiger partial charge in [-0.3, -0.25) is 9.78 Å². The monoisotopic (exact) mass is 336 g/mol. The number of amides is 1. The van der Waals surface area contributed by atoms with Crippen LogP contribution in [0.4, 0.5) is 0 Å². The molecule has 0 aliphatic carbocycles. The van der Waals surface area contributed by atoms with Crippen LogP contribution in [-0.4, -0.2) is 29.1 Å². The quantitative estimate of drug-likeness (QED) is 0.751. The molecule has 0 aliphatic heterocycles. The summed E-state index contributed by atoms with van der Waals surface area (Å²) in [5.41, 5.74) is 1.21. The highest BCUT2D eigenvalue weighted by molar-refractivity contribution is 6.06. The highest BCUT2D eigenvalue weighted by Gasteiger charge is 2.20. The molecule has 25 heavy (non-hydrogen) atoms. The molecule has 2 N–H and O–H groups in total. The van der Waals surface area contributed by atoms with E-state index in [1.165, 1.54) is 0 Å². The third kappa shape index (κ3) is 3.61. The molecule has 0 fully saturated rings. The summed E-state index contributed by atoms with van der Waals surface area (Å²) in [5.74, 6) is 0.457. The van der Waals surface area contributed by atoms with Gasteiger partial charge in [0.15, 0.2) is 0 Å². The summed E-state index contributed by atoms with van der Waals surface area (Å²) in [6.07, 6.45) is 2.45. The molecule has 5 nitrogen and oxygen atoms in total. The van der Waals surface area contributed by atoms with Crippen molar-refractivity contribution in [2.24, 2.45) is 0 Å². The van der Waals surface area contributed by atoms with Crippen molar-refractivity contribution in [2.45, 2.75) is 19.1 Å². The molecule has 3 aromatic rings. The second-order valence-corrected chi connectivity index (χ2v) is 5.89. The summed E-state index contributed by atoms with van der Waals surface area (Å²) in [4.78, 5) is 16.7. The second-order valence-electron chi connectivity index (χ2n) is 5.89. The zero-order chi connectivity index (χ0) is 17.8. The Kier molecular flexibility index (Phi) is 4.95. The fraction of sp³-hybridized carbons (Fsp3) is 0.200. The van der Waals surface area contributed by atoms with Crippen LogP contribution in [0.5, 0.6) is 5.75 Å². The number of hydrogen-bond acceptors (Lipinski definition) is 4. The lowest BCUT2D eigenvalue weighted by atomic mass is 10.0. The first-order valence-electron chi connectivity index (χ1n) is 8.06. The highest BCUT2D eigenvalue weighted by atomic mass is 16.5. The normalized spacial score (nSPS) is 13.2. The SMILES string of the molecule is COc1ccc(C(O)C(C)NC(=O)c2cncc3ccccc23)cc1. The molecule has 3 rings (SSSR count). The predicted octanol–water partition coefficient (Wildman–Crippen LogP) is 3.10. The molecule has 2 unspecified atom stereocenters. The maximum atomic E-state index is 12.6. The molecule has 0 saturated heterocycles. The molecule has 0 spiro atoms. The van der Waals surface area contributed by atoms with Crippen molar-refractivity contribution in [3.8, 4) is 5.75 Å². The van der Waals surface area contributed by atoms with Crippen LogP contribution in [0.3, 0.4) is 0 Å². The van der Waals surface area contributed by atoms with Gasteiger partial charge in [0, 0.05) is 17.8 Å². The van der Waals surface area contributed by atoms with E-state index < -0.39 is 12.1 Å². The van der Waals surface area contributed by atoms with E-state index >= 15 is 0 Å². The number of benzene rings is 2. The molecule has 1 heterocycles. The first-order chi connectivity index (χ1) is 12.1. The van der Waals surface area contributed by atoms with Crippen molar-refractivity contribution in [1.82, 2.24) is 10.3 Å². The van der Waals surface area contributed by atoms with E-state index in [9.17, 15) is 9.90 Å². The number of ether oxygens (including phenoxy) is 1. The average molecular weight is 336 g/mol. The van der Waals surface area contributed by atoms with Crippen LogP contribution < -0.4 is 10.1 Å². The Hall–Kier alpha value is -2.92. The smallest absolute Gasteiger partial charge is 0.253 e. The molecular weight excluding hydrogens is 316 g/mol. The van der Waals surface area contributed by atoms with Crippen molar-refractivity contribution in [3.05, 3.63) is 72.1 Å². The maximum absolute atomic E-state index is 12.6. The minimum atomic E-state index is -0.821. The number of aliphatic hydroxyl groups excluding tert-OH is 1. The lowest BCUT2D eigenvalue weighted by Gasteiger charge is -2.21. The second kappa shape index (κ2) is 7.32. The highest BCUT2D eigenvalue weighted by Crippen LogP contribution is 2.21. The van der Waals surface area contributed by atoms with Gasteiger partial charge >= 0.3 is 0 Å². The van der Waals surface area contributed by atoms with Gasteiger partial charge in [-0.05, 0) is 30.0 Å². The van der Waals surface area contributed by atoms with Gasteiger partial charge in [-0.25, -0.2) is 0 Å². The van der Waals surface area contributed by atoms with E-state index in [4.69, 9.17) is 4.74 Å². The summed E-state index contributed by atoms with van der Waals surface area (Å²) in [5, 5.41) is 15.1. The lowest BCUT2D eigenvalue weighted by molar-refractivity contribution is 0.0853. The standard InChI is InChI=1S/C20H20N2O3/c1-13(19(23)14-7-9-16(25-2)10-8-14)22-20(24)18-12-21-11-15-5-3-4-6-17(15)18/h3-13,19,23H,1-2H3,(H,22,24). The number of fused-ring (bicyclic) bond motifs is 1. The summed E-state index contributed by atoms with van der Waals surface area (Å²) in [7, 11) is 1.59. The van der Waals surface area contributed by atoms with Crippen molar-refractivity contribution >= 4 is 16.7 Å². The number of nitrogens with one attached hydrogen (secondary N) is 1. The molecule has 0 bridgehead atoms. The van der Waals surface area contributed by atoms with Gasteiger partial charge in [0.25, 0.3) is 5.91 Å². The molecule has 0 aliphatic rings. The van der Waals surface area contributed by atoms with Crippen LogP contribution in [0, 0.1) is 0 Å². The van der Waals surface area contributed by atoms with E-state index in [2.05, 4.69) is 10.3 Å². The Morgan fingerprint density at radius 3 is 2.56 bits per heavy atom. The van der Waals surface area contributed by atoms with Crippen molar-refractivity contribution in [1.29, 1.82) is 0 Å². The van der Waals surface area contributed by atoms with E-state index in [-0.39, 0.29) is 5.91 Å². The third-order valence-corrected chi connectivity index (χ3v) is 4.20. The third-order valence-electron chi connectivity index (χ3n) is 4.20. The molecule has 0 saturated carbocycles. The fourth-order valence-corrected chi connectivity index (χ4v) is 2.75. The van der Waals surface area contributed by atoms with Gasteiger partial charge in [-0.15, -0.1) is 0 Å². The molecule has 2 atom stereocenters. The number of pyridine rings is 1. The van der Waals surface area contributed by atoms with Crippen molar-refractivity contribution < 1.29 is 14.6 Å². The first kappa shape index (κ1) is 16.9. The number of nitrogens with zero attached hydrogens (tertiary/aromatic N) is 1. The Morgan fingerprint density at radius 1 is 1.12 bits per heavy atom. The number of methoxy groups -OCH3 is 1. The van der Waals surface area contributed by atoms with Crippen LogP contribution in [0.1, 0.15) is 28.9 Å². The first-order valence-corrected chi connectivity index (χ1v) is 8.06. The number of hydrogen-bond donors (Lipinski definition) is 2. The van der Waals surface area contributed by atoms with Crippen molar-refractivity contribution in [3.63, 3.8) is 0 Å². The number of rotatable bonds is 5. The van der Waals surface area contributed by atoms with E-state index in [0.717, 1.165) is 16.5 Å². The van der Waals surface area contributed by atoms with Crippen LogP contribution in [-0.2, 0) is 0 Å². The molecule has 2 aromatic carbocycles. The molecule has 1 amide bonds. The van der Waals surface area contributed by atoms with Crippen LogP contribution in [0.25, 0.3) is 10.8 Å². The average Bonchev–Trinajstić information content (AvgIpc) is 2.66. The molecule has 0 radical (unpaired) electrons. The Labute approximate surface area is 146 Å². The zero-order valence-corrected chi connectivity index (χ0v) is 14.1. The largest absolute Gasteiger partial charge is 0.497 e. The minimum Gasteiger partial charge on any atom is -0.497 e. The Balaban J connectivity index is 1.77. The number of carbonyl (C=O) groups excluding carboxylic acids is 1. The summed E-state index contributed by atoms with van der Waals surface area (Å²) in [6, 6.07) is 14.3. The Bertz CT molecular complexity index is 872. The van der Waals surface area contributed by atoms with Gasteiger partial charge in [0.1, 0.15) is 5.75 Å².